The summed E-state index contributed by atoms with van der Waals surface area (Å²) in [7, 11) is 0. The molecule has 2 aliphatic rings. The van der Waals surface area contributed by atoms with Gasteiger partial charge in [-0.25, -0.2) is 0 Å². The zero-order valence-corrected chi connectivity index (χ0v) is 9.35. The Morgan fingerprint density at radius 2 is 1.88 bits per heavy atom. The predicted molar refractivity (Wildman–Crippen MR) is 58.7 cm³/mol. The van der Waals surface area contributed by atoms with Crippen molar-refractivity contribution in [1.29, 1.82) is 0 Å². The number of piperidine rings is 1. The van der Waals surface area contributed by atoms with Gasteiger partial charge in [0, 0.05) is 12.0 Å². The number of fused-ring (bicyclic) bond motifs is 1. The van der Waals surface area contributed by atoms with E-state index in [1.165, 1.54) is 12.1 Å². The second-order valence-corrected chi connectivity index (χ2v) is 5.10. The van der Waals surface area contributed by atoms with E-state index in [1.54, 1.807) is 12.1 Å². The second-order valence-electron chi connectivity index (χ2n) is 5.10. The highest BCUT2D eigenvalue weighted by molar-refractivity contribution is 5.37. The fraction of sp³-hybridized carbons (Fsp3) is 0.538. The van der Waals surface area contributed by atoms with Crippen LogP contribution in [-0.2, 0) is 11.6 Å². The summed E-state index contributed by atoms with van der Waals surface area (Å²) < 4.78 is 37.4. The number of nitrogens with one attached hydrogen (secondary N) is 1. The minimum absolute atomic E-state index is 0.127. The topological polar surface area (TPSA) is 12.0 Å². The van der Waals surface area contributed by atoms with E-state index in [4.69, 9.17) is 0 Å². The number of benzene rings is 1. The van der Waals surface area contributed by atoms with Gasteiger partial charge in [-0.05, 0) is 43.0 Å². The average Bonchev–Trinajstić information content (AvgIpc) is 3.03. The van der Waals surface area contributed by atoms with Gasteiger partial charge in [-0.3, -0.25) is 0 Å². The molecule has 1 aliphatic carbocycles. The van der Waals surface area contributed by atoms with E-state index < -0.39 is 11.7 Å². The molecule has 0 aromatic heterocycles. The SMILES string of the molecule is FC(F)(F)c1ccc([C@]23CNCC[C@H]2C3)cc1. The molecule has 1 heterocycles. The predicted octanol–water partition coefficient (Wildman–Crippen LogP) is 2.96. The first-order valence-electron chi connectivity index (χ1n) is 5.91. The van der Waals surface area contributed by atoms with Gasteiger partial charge in [0.25, 0.3) is 0 Å². The van der Waals surface area contributed by atoms with Crippen LogP contribution < -0.4 is 5.32 Å². The molecule has 2 atom stereocenters. The van der Waals surface area contributed by atoms with Gasteiger partial charge < -0.3 is 5.32 Å². The molecule has 0 amide bonds. The van der Waals surface area contributed by atoms with Crippen LogP contribution in [0.4, 0.5) is 13.2 Å². The smallest absolute Gasteiger partial charge is 0.316 e. The standard InChI is InChI=1S/C13H14F3N/c14-13(15,16)10-3-1-9(2-4-10)12-7-11(12)5-6-17-8-12/h1-4,11,17H,5-8H2/t11-,12-/m0/s1. The Morgan fingerprint density at radius 3 is 2.47 bits per heavy atom. The number of rotatable bonds is 1. The first-order valence-corrected chi connectivity index (χ1v) is 5.91. The van der Waals surface area contributed by atoms with Gasteiger partial charge in [0.1, 0.15) is 0 Å². The number of hydrogen-bond donors (Lipinski definition) is 1. The van der Waals surface area contributed by atoms with Crippen LogP contribution in [0, 0.1) is 5.92 Å². The van der Waals surface area contributed by atoms with Gasteiger partial charge in [-0.1, -0.05) is 12.1 Å². The molecular weight excluding hydrogens is 227 g/mol. The lowest BCUT2D eigenvalue weighted by atomic mass is 9.89. The zero-order valence-electron chi connectivity index (χ0n) is 9.35. The van der Waals surface area contributed by atoms with Crippen molar-refractivity contribution in [1.82, 2.24) is 5.32 Å². The van der Waals surface area contributed by atoms with Crippen molar-refractivity contribution in [3.63, 3.8) is 0 Å². The third kappa shape index (κ3) is 1.75. The zero-order chi connectivity index (χ0) is 12.1. The highest BCUT2D eigenvalue weighted by atomic mass is 19.4. The first kappa shape index (κ1) is 11.1. The molecule has 92 valence electrons. The molecule has 1 N–H and O–H groups in total. The van der Waals surface area contributed by atoms with E-state index in [9.17, 15) is 13.2 Å². The summed E-state index contributed by atoms with van der Waals surface area (Å²) in [5.74, 6) is 0.667. The van der Waals surface area contributed by atoms with Crippen LogP contribution in [0.3, 0.4) is 0 Å². The van der Waals surface area contributed by atoms with Crippen molar-refractivity contribution in [2.24, 2.45) is 5.92 Å². The summed E-state index contributed by atoms with van der Waals surface area (Å²) in [6, 6.07) is 5.70. The lowest BCUT2D eigenvalue weighted by Gasteiger charge is -2.23. The Labute approximate surface area is 98.0 Å². The largest absolute Gasteiger partial charge is 0.416 e. The van der Waals surface area contributed by atoms with Crippen LogP contribution in [-0.4, -0.2) is 13.1 Å². The highest BCUT2D eigenvalue weighted by Gasteiger charge is 2.55. The lowest BCUT2D eigenvalue weighted by molar-refractivity contribution is -0.137. The van der Waals surface area contributed by atoms with Gasteiger partial charge in [0.2, 0.25) is 0 Å². The van der Waals surface area contributed by atoms with Crippen LogP contribution in [0.15, 0.2) is 24.3 Å². The Morgan fingerprint density at radius 1 is 1.18 bits per heavy atom. The quantitative estimate of drug-likeness (QED) is 0.797. The van der Waals surface area contributed by atoms with E-state index in [0.29, 0.717) is 5.92 Å². The van der Waals surface area contributed by atoms with E-state index in [1.807, 2.05) is 0 Å². The fourth-order valence-corrected chi connectivity index (χ4v) is 3.01. The number of alkyl halides is 3. The molecule has 0 spiro atoms. The Balaban J connectivity index is 1.86. The molecule has 4 heteroatoms. The minimum Gasteiger partial charge on any atom is -0.316 e. The average molecular weight is 241 g/mol. The molecule has 1 aliphatic heterocycles. The Hall–Kier alpha value is -1.03. The number of hydrogen-bond acceptors (Lipinski definition) is 1. The molecule has 0 radical (unpaired) electrons. The molecule has 1 aromatic carbocycles. The summed E-state index contributed by atoms with van der Waals surface area (Å²) in [6.45, 7) is 1.94. The normalized spacial score (nSPS) is 32.1. The molecule has 3 rings (SSSR count). The summed E-state index contributed by atoms with van der Waals surface area (Å²) in [5, 5.41) is 3.34. The van der Waals surface area contributed by atoms with Gasteiger partial charge in [0.15, 0.2) is 0 Å². The Kier molecular flexibility index (Phi) is 2.27. The maximum absolute atomic E-state index is 12.5. The molecule has 0 unspecified atom stereocenters. The van der Waals surface area contributed by atoms with Crippen molar-refractivity contribution in [2.45, 2.75) is 24.4 Å². The highest BCUT2D eigenvalue weighted by Crippen LogP contribution is 2.57. The molecule has 2 fully saturated rings. The second kappa shape index (κ2) is 3.48. The Bertz CT molecular complexity index is 423. The van der Waals surface area contributed by atoms with Crippen molar-refractivity contribution in [3.05, 3.63) is 35.4 Å². The van der Waals surface area contributed by atoms with Crippen molar-refractivity contribution >= 4 is 0 Å². The molecule has 1 nitrogen and oxygen atoms in total. The molecule has 1 saturated heterocycles. The van der Waals surface area contributed by atoms with Crippen LogP contribution in [0.1, 0.15) is 24.0 Å². The summed E-state index contributed by atoms with van der Waals surface area (Å²) >= 11 is 0. The van der Waals surface area contributed by atoms with E-state index in [0.717, 1.165) is 31.5 Å². The summed E-state index contributed by atoms with van der Waals surface area (Å²) in [6.07, 6.45) is -1.98. The fourth-order valence-electron chi connectivity index (χ4n) is 3.01. The first-order chi connectivity index (χ1) is 8.02. The summed E-state index contributed by atoms with van der Waals surface area (Å²) in [5.41, 5.74) is 0.629. The third-order valence-electron chi connectivity index (χ3n) is 4.13. The van der Waals surface area contributed by atoms with E-state index in [2.05, 4.69) is 5.32 Å². The van der Waals surface area contributed by atoms with Crippen LogP contribution in [0.25, 0.3) is 0 Å². The van der Waals surface area contributed by atoms with Crippen LogP contribution >= 0.6 is 0 Å². The maximum atomic E-state index is 12.5. The monoisotopic (exact) mass is 241 g/mol. The maximum Gasteiger partial charge on any atom is 0.416 e. The van der Waals surface area contributed by atoms with E-state index in [-0.39, 0.29) is 5.41 Å². The third-order valence-corrected chi connectivity index (χ3v) is 4.13. The van der Waals surface area contributed by atoms with Gasteiger partial charge >= 0.3 is 6.18 Å². The minimum atomic E-state index is -4.23. The molecular formula is C13H14F3N. The molecule has 0 bridgehead atoms. The van der Waals surface area contributed by atoms with Gasteiger partial charge in [0.05, 0.1) is 5.56 Å². The van der Waals surface area contributed by atoms with Gasteiger partial charge in [-0.15, -0.1) is 0 Å². The van der Waals surface area contributed by atoms with Crippen molar-refractivity contribution < 1.29 is 13.2 Å². The van der Waals surface area contributed by atoms with E-state index >= 15 is 0 Å². The van der Waals surface area contributed by atoms with Crippen molar-refractivity contribution in [2.75, 3.05) is 13.1 Å². The molecule has 17 heavy (non-hydrogen) atoms. The molecule has 1 aromatic rings. The van der Waals surface area contributed by atoms with Crippen molar-refractivity contribution in [3.8, 4) is 0 Å². The summed E-state index contributed by atoms with van der Waals surface area (Å²) in [4.78, 5) is 0. The van der Waals surface area contributed by atoms with Crippen LogP contribution in [0.5, 0.6) is 0 Å². The number of halogens is 3. The van der Waals surface area contributed by atoms with Crippen LogP contribution in [0.2, 0.25) is 0 Å². The lowest BCUT2D eigenvalue weighted by Crippen LogP contribution is -2.34. The molecule has 1 saturated carbocycles. The van der Waals surface area contributed by atoms with Gasteiger partial charge in [-0.2, -0.15) is 13.2 Å².